The summed E-state index contributed by atoms with van der Waals surface area (Å²) in [5.41, 5.74) is 4.53. The largest absolute Gasteiger partial charge is 0.497 e. The van der Waals surface area contributed by atoms with Crippen molar-refractivity contribution in [2.45, 2.75) is 43.6 Å². The van der Waals surface area contributed by atoms with Gasteiger partial charge in [0.25, 0.3) is 0 Å². The van der Waals surface area contributed by atoms with E-state index in [1.165, 1.54) is 29.5 Å². The molecule has 1 atom stereocenters. The molecule has 2 aliphatic heterocycles. The van der Waals surface area contributed by atoms with E-state index in [0.29, 0.717) is 18.2 Å². The molecule has 5 heteroatoms. The molecule has 5 nitrogen and oxygen atoms in total. The molecule has 2 aromatic rings. The summed E-state index contributed by atoms with van der Waals surface area (Å²) in [7, 11) is 3.85. The average Bonchev–Trinajstić information content (AvgIpc) is 3.14. The molecular formula is C28H37N3O2. The number of likely N-dealkylation sites (N-methyl/N-ethyl adjacent to an activating group) is 1. The van der Waals surface area contributed by atoms with Gasteiger partial charge in [0, 0.05) is 39.1 Å². The number of hydrogen-bond donors (Lipinski definition) is 0. The van der Waals surface area contributed by atoms with Crippen molar-refractivity contribution >= 4 is 5.91 Å². The predicted molar refractivity (Wildman–Crippen MR) is 132 cm³/mol. The van der Waals surface area contributed by atoms with Crippen LogP contribution in [-0.2, 0) is 16.8 Å². The maximum absolute atomic E-state index is 13.1. The summed E-state index contributed by atoms with van der Waals surface area (Å²) in [6.07, 6.45) is 4.15. The Hall–Kier alpha value is -2.37. The van der Waals surface area contributed by atoms with E-state index >= 15 is 0 Å². The third-order valence-electron chi connectivity index (χ3n) is 8.26. The third kappa shape index (κ3) is 4.67. The number of rotatable bonds is 5. The van der Waals surface area contributed by atoms with Crippen LogP contribution in [0.3, 0.4) is 0 Å². The molecule has 5 rings (SSSR count). The van der Waals surface area contributed by atoms with Gasteiger partial charge in [-0.25, -0.2) is 0 Å². The number of fused-ring (bicyclic) bond motifs is 2. The van der Waals surface area contributed by atoms with E-state index in [2.05, 4.69) is 70.3 Å². The van der Waals surface area contributed by atoms with Gasteiger partial charge in [0.1, 0.15) is 5.75 Å². The van der Waals surface area contributed by atoms with Crippen LogP contribution in [0, 0.1) is 0 Å². The van der Waals surface area contributed by atoms with Crippen LogP contribution in [0.1, 0.15) is 48.3 Å². The number of carbonyl (C=O) groups excluding carboxylic acids is 1. The molecule has 0 unspecified atom stereocenters. The Morgan fingerprint density at radius 3 is 2.36 bits per heavy atom. The minimum atomic E-state index is 0.236. The second kappa shape index (κ2) is 9.47. The van der Waals surface area contributed by atoms with Gasteiger partial charge in [-0.05, 0) is 79.6 Å². The number of carbonyl (C=O) groups is 1. The van der Waals surface area contributed by atoms with E-state index in [1.807, 2.05) is 0 Å². The summed E-state index contributed by atoms with van der Waals surface area (Å²) < 4.78 is 5.29. The first-order chi connectivity index (χ1) is 16.1. The monoisotopic (exact) mass is 447 g/mol. The Kier molecular flexibility index (Phi) is 6.44. The van der Waals surface area contributed by atoms with Crippen molar-refractivity contribution in [3.05, 3.63) is 65.2 Å². The molecule has 2 fully saturated rings. The van der Waals surface area contributed by atoms with Crippen LogP contribution < -0.4 is 4.74 Å². The molecule has 2 aromatic carbocycles. The standard InChI is InChI=1S/C28H37N3O2/c1-29-15-17-31(18-16-29)27(32)19-23-20-28(26-6-4-3-5-25(23)26)11-13-30(14-12-28)21-22-7-9-24(33-2)10-8-22/h3-10,23H,11-21H2,1-2H3/t23-/m1/s1. The normalized spacial score (nSPS) is 23.0. The quantitative estimate of drug-likeness (QED) is 0.697. The molecule has 1 aliphatic carbocycles. The Bertz CT molecular complexity index is 957. The van der Waals surface area contributed by atoms with Gasteiger partial charge >= 0.3 is 0 Å². The Morgan fingerprint density at radius 1 is 0.970 bits per heavy atom. The first-order valence-corrected chi connectivity index (χ1v) is 12.5. The van der Waals surface area contributed by atoms with Crippen LogP contribution in [0.4, 0.5) is 0 Å². The van der Waals surface area contributed by atoms with Gasteiger partial charge < -0.3 is 14.5 Å². The lowest BCUT2D eigenvalue weighted by Crippen LogP contribution is -2.47. The summed E-state index contributed by atoms with van der Waals surface area (Å²) in [6.45, 7) is 6.93. The number of piperazine rings is 1. The van der Waals surface area contributed by atoms with Gasteiger partial charge in [-0.15, -0.1) is 0 Å². The fourth-order valence-electron chi connectivity index (χ4n) is 6.21. The summed E-state index contributed by atoms with van der Waals surface area (Å²) in [4.78, 5) is 20.1. The molecule has 0 N–H and O–H groups in total. The van der Waals surface area contributed by atoms with Crippen molar-refractivity contribution in [1.82, 2.24) is 14.7 Å². The Labute approximate surface area is 198 Å². The number of nitrogens with zero attached hydrogens (tertiary/aromatic N) is 3. The molecule has 33 heavy (non-hydrogen) atoms. The number of amides is 1. The van der Waals surface area contributed by atoms with E-state index in [0.717, 1.165) is 58.0 Å². The molecular weight excluding hydrogens is 410 g/mol. The van der Waals surface area contributed by atoms with E-state index in [9.17, 15) is 4.79 Å². The highest BCUT2D eigenvalue weighted by Gasteiger charge is 2.45. The van der Waals surface area contributed by atoms with Crippen LogP contribution in [-0.4, -0.2) is 74.0 Å². The SMILES string of the molecule is COc1ccc(CN2CCC3(CC2)C[C@@H](CC(=O)N2CCN(C)CC2)c2ccccc23)cc1. The van der Waals surface area contributed by atoms with E-state index in [4.69, 9.17) is 4.74 Å². The Morgan fingerprint density at radius 2 is 1.67 bits per heavy atom. The predicted octanol–water partition coefficient (Wildman–Crippen LogP) is 3.88. The van der Waals surface area contributed by atoms with E-state index in [1.54, 1.807) is 7.11 Å². The number of benzene rings is 2. The van der Waals surface area contributed by atoms with Gasteiger partial charge in [0.05, 0.1) is 7.11 Å². The van der Waals surface area contributed by atoms with Gasteiger partial charge in [-0.2, -0.15) is 0 Å². The number of methoxy groups -OCH3 is 1. The van der Waals surface area contributed by atoms with Crippen molar-refractivity contribution in [2.24, 2.45) is 0 Å². The zero-order valence-corrected chi connectivity index (χ0v) is 20.1. The molecule has 2 saturated heterocycles. The fraction of sp³-hybridized carbons (Fsp3) is 0.536. The number of likely N-dealkylation sites (tertiary alicyclic amines) is 1. The van der Waals surface area contributed by atoms with Gasteiger partial charge in [0.2, 0.25) is 5.91 Å². The van der Waals surface area contributed by atoms with E-state index < -0.39 is 0 Å². The number of hydrogen-bond acceptors (Lipinski definition) is 4. The van der Waals surface area contributed by atoms with Crippen LogP contribution >= 0.6 is 0 Å². The second-order valence-electron chi connectivity index (χ2n) is 10.3. The van der Waals surface area contributed by atoms with Gasteiger partial charge in [-0.3, -0.25) is 9.69 Å². The van der Waals surface area contributed by atoms with Crippen molar-refractivity contribution < 1.29 is 9.53 Å². The lowest BCUT2D eigenvalue weighted by molar-refractivity contribution is -0.133. The first kappa shape index (κ1) is 22.4. The van der Waals surface area contributed by atoms with E-state index in [-0.39, 0.29) is 5.41 Å². The van der Waals surface area contributed by atoms with Crippen LogP contribution in [0.25, 0.3) is 0 Å². The molecule has 0 bridgehead atoms. The average molecular weight is 448 g/mol. The van der Waals surface area contributed by atoms with Crippen LogP contribution in [0.2, 0.25) is 0 Å². The maximum atomic E-state index is 13.1. The number of ether oxygens (including phenoxy) is 1. The summed E-state index contributed by atoms with van der Waals surface area (Å²) >= 11 is 0. The van der Waals surface area contributed by atoms with Crippen molar-refractivity contribution in [3.8, 4) is 5.75 Å². The smallest absolute Gasteiger partial charge is 0.223 e. The second-order valence-corrected chi connectivity index (χ2v) is 10.3. The highest BCUT2D eigenvalue weighted by atomic mass is 16.5. The van der Waals surface area contributed by atoms with Crippen molar-refractivity contribution in [1.29, 1.82) is 0 Å². The molecule has 0 saturated carbocycles. The lowest BCUT2D eigenvalue weighted by Gasteiger charge is -2.40. The third-order valence-corrected chi connectivity index (χ3v) is 8.26. The molecule has 1 amide bonds. The van der Waals surface area contributed by atoms with Crippen molar-refractivity contribution in [2.75, 3.05) is 53.4 Å². The fourth-order valence-corrected chi connectivity index (χ4v) is 6.21. The first-order valence-electron chi connectivity index (χ1n) is 12.5. The molecule has 1 spiro atoms. The lowest BCUT2D eigenvalue weighted by atomic mass is 9.73. The van der Waals surface area contributed by atoms with Gasteiger partial charge in [-0.1, -0.05) is 36.4 Å². The van der Waals surface area contributed by atoms with Crippen LogP contribution in [0.15, 0.2) is 48.5 Å². The minimum Gasteiger partial charge on any atom is -0.497 e. The maximum Gasteiger partial charge on any atom is 0.223 e. The summed E-state index contributed by atoms with van der Waals surface area (Å²) in [5, 5.41) is 0. The number of piperidine rings is 1. The highest BCUT2D eigenvalue weighted by Crippen LogP contribution is 2.52. The van der Waals surface area contributed by atoms with Crippen molar-refractivity contribution in [3.63, 3.8) is 0 Å². The topological polar surface area (TPSA) is 36.0 Å². The molecule has 0 aromatic heterocycles. The minimum absolute atomic E-state index is 0.236. The molecule has 0 radical (unpaired) electrons. The summed E-state index contributed by atoms with van der Waals surface area (Å²) in [5.74, 6) is 1.62. The molecule has 176 valence electrons. The van der Waals surface area contributed by atoms with Crippen LogP contribution in [0.5, 0.6) is 5.75 Å². The molecule has 2 heterocycles. The zero-order chi connectivity index (χ0) is 22.8. The highest BCUT2D eigenvalue weighted by molar-refractivity contribution is 5.77. The summed E-state index contributed by atoms with van der Waals surface area (Å²) in [6, 6.07) is 17.4. The zero-order valence-electron chi connectivity index (χ0n) is 20.1. The molecule has 3 aliphatic rings. The Balaban J connectivity index is 1.24. The van der Waals surface area contributed by atoms with Gasteiger partial charge in [0.15, 0.2) is 0 Å².